The average molecular weight is 426 g/mol. The van der Waals surface area contributed by atoms with E-state index in [1.54, 1.807) is 13.8 Å². The second-order valence-electron chi connectivity index (χ2n) is 7.79. The van der Waals surface area contributed by atoms with Crippen LogP contribution < -0.4 is 10.5 Å². The summed E-state index contributed by atoms with van der Waals surface area (Å²) in [6.07, 6.45) is 4.84. The van der Waals surface area contributed by atoms with Crippen molar-refractivity contribution in [1.82, 2.24) is 4.90 Å². The quantitative estimate of drug-likeness (QED) is 0.502. The second-order valence-corrected chi connectivity index (χ2v) is 7.79. The van der Waals surface area contributed by atoms with Gasteiger partial charge in [0.15, 0.2) is 0 Å². The molecule has 3 rings (SSSR count). The highest BCUT2D eigenvalue weighted by molar-refractivity contribution is 5.92. The number of hydrogen-bond acceptors (Lipinski definition) is 7. The molecule has 2 aliphatic heterocycles. The molecule has 0 amide bonds. The largest absolute Gasteiger partial charge is 0.494 e. The fourth-order valence-corrected chi connectivity index (χ4v) is 4.13. The molecule has 2 heterocycles. The maximum atomic E-state index is 12.6. The zero-order valence-corrected chi connectivity index (χ0v) is 18.4. The lowest BCUT2D eigenvalue weighted by Gasteiger charge is -2.27. The predicted molar refractivity (Wildman–Crippen MR) is 117 cm³/mol. The molecular weight excluding hydrogens is 394 g/mol. The van der Waals surface area contributed by atoms with Crippen molar-refractivity contribution in [2.24, 2.45) is 5.73 Å². The third-order valence-electron chi connectivity index (χ3n) is 5.63. The normalized spacial score (nSPS) is 19.6. The van der Waals surface area contributed by atoms with Gasteiger partial charge in [-0.1, -0.05) is 18.6 Å². The summed E-state index contributed by atoms with van der Waals surface area (Å²) in [7, 11) is 0. The van der Waals surface area contributed by atoms with Crippen LogP contribution >= 0.6 is 0 Å². The molecule has 1 unspecified atom stereocenters. The molecule has 0 bridgehead atoms. The molecule has 166 valence electrons. The summed E-state index contributed by atoms with van der Waals surface area (Å²) in [5, 5.41) is 9.70. The van der Waals surface area contributed by atoms with Crippen LogP contribution in [0.25, 0.3) is 0 Å². The highest BCUT2D eigenvalue weighted by Crippen LogP contribution is 2.40. The van der Waals surface area contributed by atoms with E-state index in [1.165, 1.54) is 32.4 Å². The third-order valence-corrected chi connectivity index (χ3v) is 5.63. The van der Waals surface area contributed by atoms with Gasteiger partial charge in [-0.15, -0.1) is 0 Å². The highest BCUT2D eigenvalue weighted by atomic mass is 16.5. The number of hydrogen-bond donors (Lipinski definition) is 1. The maximum Gasteiger partial charge on any atom is 0.338 e. The second kappa shape index (κ2) is 10.9. The molecule has 0 saturated carbocycles. The Morgan fingerprint density at radius 1 is 1.32 bits per heavy atom. The Bertz CT molecular complexity index is 894. The molecule has 31 heavy (non-hydrogen) atoms. The van der Waals surface area contributed by atoms with Gasteiger partial charge in [0.25, 0.3) is 0 Å². The first kappa shape index (κ1) is 22.7. The van der Waals surface area contributed by atoms with E-state index < -0.39 is 11.9 Å². The summed E-state index contributed by atoms with van der Waals surface area (Å²) < 4.78 is 16.7. The van der Waals surface area contributed by atoms with E-state index in [9.17, 15) is 10.1 Å². The van der Waals surface area contributed by atoms with Crippen LogP contribution in [-0.2, 0) is 14.3 Å². The lowest BCUT2D eigenvalue weighted by molar-refractivity contribution is -0.139. The molecule has 0 radical (unpaired) electrons. The van der Waals surface area contributed by atoms with E-state index in [0.29, 0.717) is 18.1 Å². The van der Waals surface area contributed by atoms with E-state index in [2.05, 4.69) is 11.0 Å². The third kappa shape index (κ3) is 5.59. The van der Waals surface area contributed by atoms with Crippen LogP contribution in [-0.4, -0.2) is 43.7 Å². The van der Waals surface area contributed by atoms with Gasteiger partial charge in [0, 0.05) is 6.54 Å². The minimum absolute atomic E-state index is 0.00546. The van der Waals surface area contributed by atoms with Crippen molar-refractivity contribution in [2.45, 2.75) is 45.4 Å². The zero-order chi connectivity index (χ0) is 22.2. The number of nitrogens with two attached hydrogens (primary N) is 1. The molecule has 2 aliphatic rings. The minimum Gasteiger partial charge on any atom is -0.494 e. The van der Waals surface area contributed by atoms with E-state index in [1.807, 2.05) is 24.3 Å². The summed E-state index contributed by atoms with van der Waals surface area (Å²) in [6, 6.07) is 9.54. The maximum absolute atomic E-state index is 12.6. The number of nitriles is 1. The molecule has 1 aromatic carbocycles. The molecule has 7 nitrogen and oxygen atoms in total. The van der Waals surface area contributed by atoms with Crippen LogP contribution in [0.1, 0.15) is 51.0 Å². The molecule has 1 atom stereocenters. The van der Waals surface area contributed by atoms with E-state index in [4.69, 9.17) is 19.9 Å². The lowest BCUT2D eigenvalue weighted by Crippen LogP contribution is -2.31. The Morgan fingerprint density at radius 2 is 2.10 bits per heavy atom. The Balaban J connectivity index is 1.75. The Morgan fingerprint density at radius 3 is 2.81 bits per heavy atom. The summed E-state index contributed by atoms with van der Waals surface area (Å²) in [4.78, 5) is 15.1. The first-order chi connectivity index (χ1) is 15.0. The monoisotopic (exact) mass is 425 g/mol. The number of benzene rings is 1. The van der Waals surface area contributed by atoms with E-state index in [-0.39, 0.29) is 23.6 Å². The SMILES string of the molecule is CCOC(=O)C1=C(C)OC(N)=C(C#N)C1c1cccc(OCCCN2CCCCC2)c1. The predicted octanol–water partition coefficient (Wildman–Crippen LogP) is 3.59. The standard InChI is InChI=1S/C24H31N3O4/c1-3-29-24(28)21-17(2)31-23(26)20(16-25)22(21)18-9-7-10-19(15-18)30-14-8-13-27-11-5-4-6-12-27/h7,9-10,15,22H,3-6,8,11-14,26H2,1-2H3. The number of likely N-dealkylation sites (tertiary alicyclic amines) is 1. The minimum atomic E-state index is -0.658. The number of esters is 1. The molecule has 7 heteroatoms. The Labute approximate surface area is 184 Å². The zero-order valence-electron chi connectivity index (χ0n) is 18.4. The summed E-state index contributed by atoms with van der Waals surface area (Å²) in [5.41, 5.74) is 7.18. The topological polar surface area (TPSA) is 97.8 Å². The number of carbonyl (C=O) groups is 1. The van der Waals surface area contributed by atoms with Gasteiger partial charge in [-0.25, -0.2) is 4.79 Å². The molecule has 2 N–H and O–H groups in total. The van der Waals surface area contributed by atoms with Crippen molar-refractivity contribution in [1.29, 1.82) is 5.26 Å². The van der Waals surface area contributed by atoms with Crippen LogP contribution in [0.15, 0.2) is 47.1 Å². The smallest absolute Gasteiger partial charge is 0.338 e. The Hall–Kier alpha value is -2.98. The summed E-state index contributed by atoms with van der Waals surface area (Å²) in [5.74, 6) is -0.133. The molecule has 1 saturated heterocycles. The first-order valence-corrected chi connectivity index (χ1v) is 11.0. The van der Waals surface area contributed by atoms with Crippen molar-refractivity contribution in [2.75, 3.05) is 32.8 Å². The van der Waals surface area contributed by atoms with Crippen molar-refractivity contribution in [3.05, 3.63) is 52.6 Å². The van der Waals surface area contributed by atoms with Gasteiger partial charge in [0.05, 0.1) is 24.7 Å². The van der Waals surface area contributed by atoms with Crippen molar-refractivity contribution < 1.29 is 19.0 Å². The first-order valence-electron chi connectivity index (χ1n) is 11.0. The summed E-state index contributed by atoms with van der Waals surface area (Å²) >= 11 is 0. The highest BCUT2D eigenvalue weighted by Gasteiger charge is 2.36. The molecule has 0 aromatic heterocycles. The lowest BCUT2D eigenvalue weighted by atomic mass is 9.83. The van der Waals surface area contributed by atoms with Gasteiger partial charge in [-0.3, -0.25) is 0 Å². The number of rotatable bonds is 8. The van der Waals surface area contributed by atoms with Gasteiger partial charge >= 0.3 is 5.97 Å². The fourth-order valence-electron chi connectivity index (χ4n) is 4.13. The average Bonchev–Trinajstić information content (AvgIpc) is 2.77. The number of nitrogens with zero attached hydrogens (tertiary/aromatic N) is 2. The van der Waals surface area contributed by atoms with Crippen molar-refractivity contribution in [3.8, 4) is 11.8 Å². The van der Waals surface area contributed by atoms with Crippen LogP contribution in [0.4, 0.5) is 0 Å². The van der Waals surface area contributed by atoms with Crippen LogP contribution in [0, 0.1) is 11.3 Å². The number of ether oxygens (including phenoxy) is 3. The molecule has 1 fully saturated rings. The van der Waals surface area contributed by atoms with Crippen LogP contribution in [0.2, 0.25) is 0 Å². The number of carbonyl (C=O) groups excluding carboxylic acids is 1. The molecular formula is C24H31N3O4. The van der Waals surface area contributed by atoms with Gasteiger partial charge in [-0.05, 0) is 63.9 Å². The van der Waals surface area contributed by atoms with Crippen LogP contribution in [0.5, 0.6) is 5.75 Å². The van der Waals surface area contributed by atoms with Crippen molar-refractivity contribution >= 4 is 5.97 Å². The number of piperidine rings is 1. The molecule has 0 aliphatic carbocycles. The van der Waals surface area contributed by atoms with Gasteiger partial charge in [0.1, 0.15) is 23.2 Å². The number of allylic oxidation sites excluding steroid dienone is 2. The van der Waals surface area contributed by atoms with E-state index >= 15 is 0 Å². The van der Waals surface area contributed by atoms with Gasteiger partial charge in [-0.2, -0.15) is 5.26 Å². The van der Waals surface area contributed by atoms with Crippen LogP contribution in [0.3, 0.4) is 0 Å². The van der Waals surface area contributed by atoms with E-state index in [0.717, 1.165) is 18.5 Å². The van der Waals surface area contributed by atoms with Gasteiger partial charge < -0.3 is 24.8 Å². The Kier molecular flexibility index (Phi) is 7.96. The molecule has 0 spiro atoms. The van der Waals surface area contributed by atoms with Gasteiger partial charge in [0.2, 0.25) is 5.88 Å². The molecule has 1 aromatic rings. The summed E-state index contributed by atoms with van der Waals surface area (Å²) in [6.45, 7) is 7.60. The fraction of sp³-hybridized carbons (Fsp3) is 0.500. The van der Waals surface area contributed by atoms with Crippen molar-refractivity contribution in [3.63, 3.8) is 0 Å².